The zero-order valence-electron chi connectivity index (χ0n) is 10.7. The number of para-hydroxylation sites is 1. The smallest absolute Gasteiger partial charge is 0.299 e. The number of hydrogen-bond acceptors (Lipinski definition) is 2. The molecule has 1 aliphatic rings. The lowest BCUT2D eigenvalue weighted by molar-refractivity contribution is -0.114. The zero-order valence-corrected chi connectivity index (χ0v) is 13.0. The second kappa shape index (κ2) is 6.06. The molecule has 1 amide bonds. The van der Waals surface area contributed by atoms with Crippen LogP contribution in [0.25, 0.3) is 0 Å². The van der Waals surface area contributed by atoms with E-state index in [9.17, 15) is 9.59 Å². The first-order chi connectivity index (χ1) is 9.06. The Labute approximate surface area is 126 Å². The van der Waals surface area contributed by atoms with Gasteiger partial charge in [-0.3, -0.25) is 9.59 Å². The van der Waals surface area contributed by atoms with Crippen LogP contribution in [0.2, 0.25) is 5.02 Å². The van der Waals surface area contributed by atoms with Crippen LogP contribution in [0.3, 0.4) is 0 Å². The van der Waals surface area contributed by atoms with E-state index in [0.29, 0.717) is 28.7 Å². The number of fused-ring (bicyclic) bond motifs is 1. The highest BCUT2D eigenvalue weighted by atomic mass is 79.9. The molecule has 0 N–H and O–H groups in total. The van der Waals surface area contributed by atoms with Crippen molar-refractivity contribution in [1.29, 1.82) is 0 Å². The molecule has 0 saturated carbocycles. The number of halogens is 2. The van der Waals surface area contributed by atoms with Gasteiger partial charge in [-0.1, -0.05) is 40.5 Å². The van der Waals surface area contributed by atoms with Crippen molar-refractivity contribution in [2.45, 2.75) is 19.8 Å². The lowest BCUT2D eigenvalue weighted by atomic mass is 10.1. The monoisotopic (exact) mass is 343 g/mol. The van der Waals surface area contributed by atoms with Crippen LogP contribution in [0.4, 0.5) is 5.69 Å². The lowest BCUT2D eigenvalue weighted by Gasteiger charge is -2.19. The maximum atomic E-state index is 12.0. The fourth-order valence-electron chi connectivity index (χ4n) is 2.21. The van der Waals surface area contributed by atoms with Crippen LogP contribution < -0.4 is 4.90 Å². The van der Waals surface area contributed by atoms with Crippen LogP contribution in [-0.4, -0.2) is 23.6 Å². The summed E-state index contributed by atoms with van der Waals surface area (Å²) in [7, 11) is 0. The fraction of sp³-hybridized carbons (Fsp3) is 0.429. The van der Waals surface area contributed by atoms with Gasteiger partial charge in [-0.25, -0.2) is 0 Å². The normalized spacial score (nSPS) is 15.8. The molecule has 0 aromatic heterocycles. The molecular formula is C14H15BrClNO2. The van der Waals surface area contributed by atoms with Gasteiger partial charge in [-0.15, -0.1) is 0 Å². The number of Topliss-reactive ketones (excluding diaryl/α,β-unsaturated/α-hetero) is 1. The number of carbonyl (C=O) groups excluding carboxylic acids is 2. The average Bonchev–Trinajstić information content (AvgIpc) is 2.62. The molecule has 5 heteroatoms. The van der Waals surface area contributed by atoms with Crippen LogP contribution in [0.15, 0.2) is 18.2 Å². The summed E-state index contributed by atoms with van der Waals surface area (Å²) in [5.74, 6) is -0.423. The van der Waals surface area contributed by atoms with Crippen LogP contribution in [0, 0.1) is 5.92 Å². The second-order valence-electron chi connectivity index (χ2n) is 4.79. The quantitative estimate of drug-likeness (QED) is 0.603. The molecule has 1 heterocycles. The summed E-state index contributed by atoms with van der Waals surface area (Å²) in [4.78, 5) is 25.4. The van der Waals surface area contributed by atoms with Crippen molar-refractivity contribution in [2.24, 2.45) is 5.92 Å². The Morgan fingerprint density at radius 3 is 2.74 bits per heavy atom. The second-order valence-corrected chi connectivity index (χ2v) is 5.99. The van der Waals surface area contributed by atoms with Crippen molar-refractivity contribution in [2.75, 3.05) is 16.8 Å². The predicted octanol–water partition coefficient (Wildman–Crippen LogP) is 3.68. The Kier molecular flexibility index (Phi) is 4.63. The zero-order chi connectivity index (χ0) is 14.0. The number of amides is 1. The van der Waals surface area contributed by atoms with Crippen molar-refractivity contribution in [3.05, 3.63) is 28.8 Å². The lowest BCUT2D eigenvalue weighted by Crippen LogP contribution is -2.31. The van der Waals surface area contributed by atoms with Crippen molar-refractivity contribution in [3.63, 3.8) is 0 Å². The first kappa shape index (κ1) is 14.5. The van der Waals surface area contributed by atoms with E-state index in [1.54, 1.807) is 18.2 Å². The number of benzene rings is 1. The molecule has 19 heavy (non-hydrogen) atoms. The Bertz CT molecular complexity index is 518. The van der Waals surface area contributed by atoms with Gasteiger partial charge in [0, 0.05) is 11.9 Å². The van der Waals surface area contributed by atoms with E-state index in [1.165, 1.54) is 4.90 Å². The highest BCUT2D eigenvalue weighted by Crippen LogP contribution is 2.36. The van der Waals surface area contributed by atoms with Crippen molar-refractivity contribution in [1.82, 2.24) is 0 Å². The Morgan fingerprint density at radius 2 is 2.05 bits per heavy atom. The summed E-state index contributed by atoms with van der Waals surface area (Å²) in [5, 5.41) is 1.41. The summed E-state index contributed by atoms with van der Waals surface area (Å²) in [6, 6.07) is 5.06. The van der Waals surface area contributed by atoms with E-state index in [2.05, 4.69) is 22.9 Å². The van der Waals surface area contributed by atoms with Gasteiger partial charge < -0.3 is 4.90 Å². The predicted molar refractivity (Wildman–Crippen MR) is 80.3 cm³/mol. The van der Waals surface area contributed by atoms with Gasteiger partial charge >= 0.3 is 0 Å². The minimum atomic E-state index is -0.464. The highest BCUT2D eigenvalue weighted by molar-refractivity contribution is 9.09. The standard InChI is InChI=1S/C14H15BrClNO2/c1-9(5-7-15)6-8-17-12-10(13(18)14(17)19)3-2-4-11(12)16/h2-4,9H,5-8H2,1H3. The molecule has 1 aromatic carbocycles. The summed E-state index contributed by atoms with van der Waals surface area (Å²) in [6.45, 7) is 2.67. The highest BCUT2D eigenvalue weighted by Gasteiger charge is 2.36. The molecule has 0 saturated heterocycles. The van der Waals surface area contributed by atoms with Gasteiger partial charge in [0.2, 0.25) is 0 Å². The molecule has 0 spiro atoms. The van der Waals surface area contributed by atoms with Gasteiger partial charge in [0.25, 0.3) is 11.7 Å². The molecule has 102 valence electrons. The van der Waals surface area contributed by atoms with E-state index in [4.69, 9.17) is 11.6 Å². The van der Waals surface area contributed by atoms with Gasteiger partial charge in [0.1, 0.15) is 0 Å². The summed E-state index contributed by atoms with van der Waals surface area (Å²) in [5.41, 5.74) is 0.996. The first-order valence-corrected chi connectivity index (χ1v) is 7.77. The molecule has 1 unspecified atom stereocenters. The number of anilines is 1. The molecule has 1 atom stereocenters. The van der Waals surface area contributed by atoms with E-state index < -0.39 is 11.7 Å². The number of rotatable bonds is 5. The molecule has 2 rings (SSSR count). The summed E-state index contributed by atoms with van der Waals surface area (Å²) in [6.07, 6.45) is 1.90. The first-order valence-electron chi connectivity index (χ1n) is 6.27. The third-order valence-electron chi connectivity index (χ3n) is 3.39. The summed E-state index contributed by atoms with van der Waals surface area (Å²) < 4.78 is 0. The fourth-order valence-corrected chi connectivity index (χ4v) is 3.26. The maximum Gasteiger partial charge on any atom is 0.299 e. The molecule has 0 fully saturated rings. The molecule has 0 radical (unpaired) electrons. The molecule has 3 nitrogen and oxygen atoms in total. The number of ketones is 1. The Morgan fingerprint density at radius 1 is 1.32 bits per heavy atom. The van der Waals surface area contributed by atoms with Gasteiger partial charge in [-0.2, -0.15) is 0 Å². The van der Waals surface area contributed by atoms with Crippen LogP contribution in [0.1, 0.15) is 30.1 Å². The largest absolute Gasteiger partial charge is 0.303 e. The van der Waals surface area contributed by atoms with Crippen LogP contribution >= 0.6 is 27.5 Å². The third-order valence-corrected chi connectivity index (χ3v) is 4.15. The van der Waals surface area contributed by atoms with Crippen LogP contribution in [-0.2, 0) is 4.79 Å². The molecule has 0 bridgehead atoms. The maximum absolute atomic E-state index is 12.0. The molecule has 1 aliphatic heterocycles. The van der Waals surface area contributed by atoms with Crippen molar-refractivity contribution >= 4 is 44.9 Å². The SMILES string of the molecule is CC(CCBr)CCN1C(=O)C(=O)c2cccc(Cl)c21. The number of carbonyl (C=O) groups is 2. The van der Waals surface area contributed by atoms with E-state index in [-0.39, 0.29) is 0 Å². The van der Waals surface area contributed by atoms with Gasteiger partial charge in [0.15, 0.2) is 0 Å². The average molecular weight is 345 g/mol. The number of nitrogens with zero attached hydrogens (tertiary/aromatic N) is 1. The van der Waals surface area contributed by atoms with E-state index in [1.807, 2.05) is 0 Å². The molecule has 0 aliphatic carbocycles. The third kappa shape index (κ3) is 2.84. The van der Waals surface area contributed by atoms with Crippen molar-refractivity contribution < 1.29 is 9.59 Å². The van der Waals surface area contributed by atoms with Crippen molar-refractivity contribution in [3.8, 4) is 0 Å². The number of alkyl halides is 1. The minimum absolute atomic E-state index is 0.422. The minimum Gasteiger partial charge on any atom is -0.303 e. The van der Waals surface area contributed by atoms with Gasteiger partial charge in [-0.05, 0) is 30.9 Å². The van der Waals surface area contributed by atoms with E-state index >= 15 is 0 Å². The Hall–Kier alpha value is -0.870. The van der Waals surface area contributed by atoms with E-state index in [0.717, 1.165) is 18.2 Å². The molecule has 1 aromatic rings. The Balaban J connectivity index is 2.19. The van der Waals surface area contributed by atoms with Gasteiger partial charge in [0.05, 0.1) is 16.3 Å². The number of hydrogen-bond donors (Lipinski definition) is 0. The molecular weight excluding hydrogens is 330 g/mol. The topological polar surface area (TPSA) is 37.4 Å². The van der Waals surface area contributed by atoms with Crippen LogP contribution in [0.5, 0.6) is 0 Å². The summed E-state index contributed by atoms with van der Waals surface area (Å²) >= 11 is 9.52.